The molecular weight excluding hydrogens is 297 g/mol. The van der Waals surface area contributed by atoms with Crippen molar-refractivity contribution in [2.24, 2.45) is 0 Å². The fourth-order valence-corrected chi connectivity index (χ4v) is 1.63. The van der Waals surface area contributed by atoms with Crippen LogP contribution in [-0.4, -0.2) is 18.3 Å². The number of rotatable bonds is 7. The van der Waals surface area contributed by atoms with Crippen LogP contribution in [0.5, 0.6) is 0 Å². The Balaban J connectivity index is 2.47. The summed E-state index contributed by atoms with van der Waals surface area (Å²) in [6.07, 6.45) is 2.17. The van der Waals surface area contributed by atoms with Crippen molar-refractivity contribution < 1.29 is 4.79 Å². The van der Waals surface area contributed by atoms with Crippen LogP contribution in [0.15, 0.2) is 36.0 Å². The van der Waals surface area contributed by atoms with E-state index in [4.69, 9.17) is 28.5 Å². The first-order valence-corrected chi connectivity index (χ1v) is 7.01. The standard InChI is InChI=1S/C14H15Cl2N3O/c15-6-1-7-18-10-12(8-17)14(20)19-9-11-2-4-13(16)5-3-11/h2-5,10,18H,1,6-7,9H2,(H,19,20)/b12-10-. The van der Waals surface area contributed by atoms with Gasteiger partial charge in [-0.05, 0) is 24.1 Å². The SMILES string of the molecule is N#C/C(=C/NCCCCl)C(=O)NCc1ccc(Cl)cc1. The molecule has 0 aliphatic rings. The van der Waals surface area contributed by atoms with Crippen molar-refractivity contribution >= 4 is 29.1 Å². The molecule has 106 valence electrons. The van der Waals surface area contributed by atoms with Crippen molar-refractivity contribution in [1.82, 2.24) is 10.6 Å². The minimum Gasteiger partial charge on any atom is -0.390 e. The number of nitrogens with one attached hydrogen (secondary N) is 2. The van der Waals surface area contributed by atoms with Crippen molar-refractivity contribution in [3.63, 3.8) is 0 Å². The Morgan fingerprint density at radius 3 is 2.65 bits per heavy atom. The maximum Gasteiger partial charge on any atom is 0.263 e. The van der Waals surface area contributed by atoms with Gasteiger partial charge in [-0.1, -0.05) is 23.7 Å². The predicted octanol–water partition coefficient (Wildman–Crippen LogP) is 2.58. The van der Waals surface area contributed by atoms with Crippen LogP contribution in [0.4, 0.5) is 0 Å². The van der Waals surface area contributed by atoms with Gasteiger partial charge in [0, 0.05) is 30.2 Å². The molecule has 0 heterocycles. The zero-order chi connectivity index (χ0) is 14.8. The lowest BCUT2D eigenvalue weighted by atomic mass is 10.2. The average molecular weight is 312 g/mol. The third-order valence-electron chi connectivity index (χ3n) is 2.43. The van der Waals surface area contributed by atoms with Gasteiger partial charge in [-0.15, -0.1) is 11.6 Å². The fraction of sp³-hybridized carbons (Fsp3) is 0.286. The highest BCUT2D eigenvalue weighted by Crippen LogP contribution is 2.09. The van der Waals surface area contributed by atoms with Crippen molar-refractivity contribution in [3.8, 4) is 6.07 Å². The third-order valence-corrected chi connectivity index (χ3v) is 2.95. The van der Waals surface area contributed by atoms with Gasteiger partial charge in [0.2, 0.25) is 0 Å². The number of carbonyl (C=O) groups excluding carboxylic acids is 1. The highest BCUT2D eigenvalue weighted by atomic mass is 35.5. The molecule has 0 saturated heterocycles. The molecule has 0 aliphatic carbocycles. The Kier molecular flexibility index (Phi) is 7.56. The van der Waals surface area contributed by atoms with Crippen LogP contribution < -0.4 is 10.6 Å². The third kappa shape index (κ3) is 5.96. The van der Waals surface area contributed by atoms with Crippen LogP contribution in [0, 0.1) is 11.3 Å². The molecule has 6 heteroatoms. The number of alkyl halides is 1. The van der Waals surface area contributed by atoms with Crippen molar-refractivity contribution in [3.05, 3.63) is 46.6 Å². The second kappa shape index (κ2) is 9.24. The number of hydrogen-bond donors (Lipinski definition) is 2. The zero-order valence-electron chi connectivity index (χ0n) is 10.8. The van der Waals surface area contributed by atoms with Crippen LogP contribution in [0.25, 0.3) is 0 Å². The molecule has 0 aromatic heterocycles. The molecule has 1 amide bonds. The Bertz CT molecular complexity index is 506. The second-order valence-electron chi connectivity index (χ2n) is 3.98. The highest BCUT2D eigenvalue weighted by molar-refractivity contribution is 6.30. The number of carbonyl (C=O) groups is 1. The van der Waals surface area contributed by atoms with E-state index in [1.165, 1.54) is 6.20 Å². The van der Waals surface area contributed by atoms with Crippen LogP contribution in [0.2, 0.25) is 5.02 Å². The zero-order valence-corrected chi connectivity index (χ0v) is 12.3. The normalized spacial score (nSPS) is 10.8. The minimum absolute atomic E-state index is 0.0357. The highest BCUT2D eigenvalue weighted by Gasteiger charge is 2.07. The summed E-state index contributed by atoms with van der Waals surface area (Å²) < 4.78 is 0. The molecule has 1 rings (SSSR count). The summed E-state index contributed by atoms with van der Waals surface area (Å²) in [5, 5.41) is 15.1. The first-order valence-electron chi connectivity index (χ1n) is 6.09. The van der Waals surface area contributed by atoms with Gasteiger partial charge in [-0.3, -0.25) is 4.79 Å². The molecule has 0 saturated carbocycles. The van der Waals surface area contributed by atoms with Crippen LogP contribution in [0.3, 0.4) is 0 Å². The number of benzene rings is 1. The molecule has 0 spiro atoms. The lowest BCUT2D eigenvalue weighted by molar-refractivity contribution is -0.117. The van der Waals surface area contributed by atoms with E-state index in [9.17, 15) is 4.79 Å². The molecule has 20 heavy (non-hydrogen) atoms. The van der Waals surface area contributed by atoms with Crippen molar-refractivity contribution in [1.29, 1.82) is 5.26 Å². The topological polar surface area (TPSA) is 64.9 Å². The molecule has 0 aliphatic heterocycles. The van der Waals surface area contributed by atoms with Gasteiger partial charge < -0.3 is 10.6 Å². The van der Waals surface area contributed by atoms with E-state index in [1.807, 2.05) is 18.2 Å². The second-order valence-corrected chi connectivity index (χ2v) is 4.79. The smallest absolute Gasteiger partial charge is 0.263 e. The monoisotopic (exact) mass is 311 g/mol. The van der Waals surface area contributed by atoms with Crippen LogP contribution in [-0.2, 0) is 11.3 Å². The van der Waals surface area contributed by atoms with E-state index in [0.29, 0.717) is 24.0 Å². The largest absolute Gasteiger partial charge is 0.390 e. The molecule has 0 atom stereocenters. The van der Waals surface area contributed by atoms with Gasteiger partial charge in [-0.25, -0.2) is 0 Å². The maximum absolute atomic E-state index is 11.8. The Labute approximate surface area is 128 Å². The van der Waals surface area contributed by atoms with E-state index < -0.39 is 5.91 Å². The van der Waals surface area contributed by atoms with Crippen molar-refractivity contribution in [2.45, 2.75) is 13.0 Å². The Morgan fingerprint density at radius 2 is 2.05 bits per heavy atom. The van der Waals surface area contributed by atoms with E-state index in [-0.39, 0.29) is 5.57 Å². The van der Waals surface area contributed by atoms with Crippen LogP contribution in [0.1, 0.15) is 12.0 Å². The fourth-order valence-electron chi connectivity index (χ4n) is 1.37. The van der Waals surface area contributed by atoms with Crippen LogP contribution >= 0.6 is 23.2 Å². The van der Waals surface area contributed by atoms with E-state index in [1.54, 1.807) is 12.1 Å². The lowest BCUT2D eigenvalue weighted by Crippen LogP contribution is -2.25. The Morgan fingerprint density at radius 1 is 1.35 bits per heavy atom. The van der Waals surface area contributed by atoms with Gasteiger partial charge in [0.05, 0.1) is 0 Å². The van der Waals surface area contributed by atoms with Gasteiger partial charge in [0.1, 0.15) is 11.6 Å². The molecule has 1 aromatic carbocycles. The molecule has 2 N–H and O–H groups in total. The summed E-state index contributed by atoms with van der Waals surface area (Å²) in [6, 6.07) is 8.99. The van der Waals surface area contributed by atoms with Crippen molar-refractivity contribution in [2.75, 3.05) is 12.4 Å². The summed E-state index contributed by atoms with van der Waals surface area (Å²) in [5.41, 5.74) is 0.948. The van der Waals surface area contributed by atoms with Gasteiger partial charge in [0.15, 0.2) is 0 Å². The van der Waals surface area contributed by atoms with E-state index >= 15 is 0 Å². The van der Waals surface area contributed by atoms with Gasteiger partial charge in [0.25, 0.3) is 5.91 Å². The average Bonchev–Trinajstić information content (AvgIpc) is 2.46. The Hall–Kier alpha value is -1.70. The number of amides is 1. The van der Waals surface area contributed by atoms with Gasteiger partial charge in [-0.2, -0.15) is 5.26 Å². The summed E-state index contributed by atoms with van der Waals surface area (Å²) in [7, 11) is 0. The quantitative estimate of drug-likeness (QED) is 0.352. The summed E-state index contributed by atoms with van der Waals surface area (Å²) in [4.78, 5) is 11.8. The molecule has 4 nitrogen and oxygen atoms in total. The molecule has 0 unspecified atom stereocenters. The van der Waals surface area contributed by atoms with E-state index in [2.05, 4.69) is 10.6 Å². The molecule has 0 bridgehead atoms. The number of nitriles is 1. The lowest BCUT2D eigenvalue weighted by Gasteiger charge is -2.05. The molecular formula is C14H15Cl2N3O. The number of nitrogens with zero attached hydrogens (tertiary/aromatic N) is 1. The van der Waals surface area contributed by atoms with E-state index in [0.717, 1.165) is 12.0 Å². The predicted molar refractivity (Wildman–Crippen MR) is 80.3 cm³/mol. The first-order chi connectivity index (χ1) is 9.67. The minimum atomic E-state index is -0.416. The summed E-state index contributed by atoms with van der Waals surface area (Å²) in [5.74, 6) is 0.117. The maximum atomic E-state index is 11.8. The van der Waals surface area contributed by atoms with Gasteiger partial charge >= 0.3 is 0 Å². The first kappa shape index (κ1) is 16.4. The summed E-state index contributed by atoms with van der Waals surface area (Å²) >= 11 is 11.3. The number of halogens is 2. The molecule has 0 fully saturated rings. The summed E-state index contributed by atoms with van der Waals surface area (Å²) in [6.45, 7) is 0.968. The molecule has 1 aromatic rings. The molecule has 0 radical (unpaired) electrons. The number of hydrogen-bond acceptors (Lipinski definition) is 3.